The van der Waals surface area contributed by atoms with Crippen LogP contribution in [0.1, 0.15) is 0 Å². The Hall–Kier alpha value is -1.71. The second-order valence-electron chi connectivity index (χ2n) is 5.10. The van der Waals surface area contributed by atoms with Crippen molar-refractivity contribution in [2.24, 2.45) is 0 Å². The molecule has 9 heteroatoms. The lowest BCUT2D eigenvalue weighted by molar-refractivity contribution is -0.364. The summed E-state index contributed by atoms with van der Waals surface area (Å²) < 4.78 is 31.4. The number of carbonyl (C=O) groups excluding carboxylic acids is 1. The number of H-pyrrole nitrogens is 1. The number of hydrogen-bond acceptors (Lipinski definition) is 5. The van der Waals surface area contributed by atoms with Crippen LogP contribution < -0.4 is 10.3 Å². The Bertz CT molecular complexity index is 609. The summed E-state index contributed by atoms with van der Waals surface area (Å²) in [4.78, 5) is 16.0. The Labute approximate surface area is 130 Å². The first-order chi connectivity index (χ1) is 10.4. The maximum absolute atomic E-state index is 12.4. The Balaban J connectivity index is 2.03. The molecular formula is C13H21N4O4S+. The highest BCUT2D eigenvalue weighted by Crippen LogP contribution is 2.15. The van der Waals surface area contributed by atoms with Gasteiger partial charge in [-0.3, -0.25) is 10.1 Å². The summed E-state index contributed by atoms with van der Waals surface area (Å²) in [5.41, 5.74) is 0. The quantitative estimate of drug-likeness (QED) is 0.750. The Morgan fingerprint density at radius 3 is 2.59 bits per heavy atom. The third kappa shape index (κ3) is 3.93. The molecule has 1 aromatic heterocycles. The number of aromatic amines is 1. The van der Waals surface area contributed by atoms with E-state index in [0.29, 0.717) is 32.1 Å². The molecule has 0 saturated carbocycles. The molecule has 2 N–H and O–H groups in total. The molecule has 8 nitrogen and oxygen atoms in total. The molecule has 0 atom stereocenters. The number of aromatic nitrogens is 1. The first kappa shape index (κ1) is 16.7. The van der Waals surface area contributed by atoms with Gasteiger partial charge >= 0.3 is 0 Å². The third-order valence-electron chi connectivity index (χ3n) is 3.32. The molecule has 22 heavy (non-hydrogen) atoms. The fourth-order valence-corrected chi connectivity index (χ4v) is 3.32. The average Bonchev–Trinajstić information content (AvgIpc) is 2.53. The van der Waals surface area contributed by atoms with Crippen LogP contribution in [0, 0.1) is 0 Å². The lowest BCUT2D eigenvalue weighted by Gasteiger charge is -2.25. The van der Waals surface area contributed by atoms with E-state index in [1.807, 2.05) is 0 Å². The number of hydrogen-bond donors (Lipinski definition) is 1. The van der Waals surface area contributed by atoms with Gasteiger partial charge in [-0.1, -0.05) is 0 Å². The zero-order chi connectivity index (χ0) is 16.2. The number of nitrogens with one attached hydrogen (secondary N) is 2. The summed E-state index contributed by atoms with van der Waals surface area (Å²) in [6.45, 7) is 1.68. The highest BCUT2D eigenvalue weighted by atomic mass is 32.2. The van der Waals surface area contributed by atoms with Gasteiger partial charge < -0.3 is 9.64 Å². The van der Waals surface area contributed by atoms with Crippen molar-refractivity contribution >= 4 is 21.7 Å². The molecule has 1 aromatic rings. The van der Waals surface area contributed by atoms with E-state index in [1.54, 1.807) is 20.2 Å². The monoisotopic (exact) mass is 329 g/mol. The van der Waals surface area contributed by atoms with E-state index in [-0.39, 0.29) is 17.3 Å². The minimum Gasteiger partial charge on any atom is -0.379 e. The molecule has 122 valence electrons. The van der Waals surface area contributed by atoms with E-state index in [2.05, 4.69) is 10.3 Å². The first-order valence-corrected chi connectivity index (χ1v) is 8.39. The van der Waals surface area contributed by atoms with Gasteiger partial charge in [0.15, 0.2) is 6.54 Å². The van der Waals surface area contributed by atoms with E-state index in [9.17, 15) is 13.2 Å². The van der Waals surface area contributed by atoms with Gasteiger partial charge in [-0.25, -0.2) is 13.4 Å². The molecule has 2 heterocycles. The van der Waals surface area contributed by atoms with E-state index in [4.69, 9.17) is 4.74 Å². The van der Waals surface area contributed by atoms with Gasteiger partial charge in [0.1, 0.15) is 11.1 Å². The van der Waals surface area contributed by atoms with Gasteiger partial charge in [-0.15, -0.1) is 0 Å². The summed E-state index contributed by atoms with van der Waals surface area (Å²) in [5.74, 6) is 0.509. The van der Waals surface area contributed by atoms with Gasteiger partial charge in [-0.2, -0.15) is 4.31 Å². The lowest BCUT2D eigenvalue weighted by Crippen LogP contribution is -2.40. The number of ether oxygens (including phenoxy) is 1. The van der Waals surface area contributed by atoms with Crippen molar-refractivity contribution in [2.75, 3.05) is 52.3 Å². The second-order valence-corrected chi connectivity index (χ2v) is 7.03. The minimum atomic E-state index is -3.50. The standard InChI is InChI=1S/C13H20N4O4S/c1-16(2)13(18)10-15-12-4-3-11(9-14-12)22(19,20)17-5-7-21-8-6-17/h3-4,9H,5-8,10H2,1-2H3,(H,14,15)/p+1. The number of carbonyl (C=O) groups is 1. The van der Waals surface area contributed by atoms with Crippen LogP contribution in [0.3, 0.4) is 0 Å². The molecule has 0 bridgehead atoms. The Morgan fingerprint density at radius 2 is 2.05 bits per heavy atom. The molecule has 1 aliphatic heterocycles. The summed E-state index contributed by atoms with van der Waals surface area (Å²) >= 11 is 0. The topological polar surface area (TPSA) is 93.1 Å². The van der Waals surface area contributed by atoms with Crippen LogP contribution in [0.4, 0.5) is 5.82 Å². The third-order valence-corrected chi connectivity index (χ3v) is 5.22. The second kappa shape index (κ2) is 7.03. The summed E-state index contributed by atoms with van der Waals surface area (Å²) in [6.07, 6.45) is 1.42. The Morgan fingerprint density at radius 1 is 1.36 bits per heavy atom. The molecule has 2 rings (SSSR count). The van der Waals surface area contributed by atoms with Crippen molar-refractivity contribution in [1.82, 2.24) is 9.21 Å². The summed E-state index contributed by atoms with van der Waals surface area (Å²) in [5, 5.41) is 2.91. The maximum Gasteiger partial charge on any atom is 0.272 e. The highest BCUT2D eigenvalue weighted by Gasteiger charge is 2.27. The number of amides is 1. The molecular weight excluding hydrogens is 308 g/mol. The van der Waals surface area contributed by atoms with Gasteiger partial charge in [0, 0.05) is 33.3 Å². The normalized spacial score (nSPS) is 16.3. The van der Waals surface area contributed by atoms with E-state index >= 15 is 0 Å². The average molecular weight is 329 g/mol. The van der Waals surface area contributed by atoms with Crippen molar-refractivity contribution in [3.05, 3.63) is 18.3 Å². The van der Waals surface area contributed by atoms with Gasteiger partial charge in [0.05, 0.1) is 13.2 Å². The largest absolute Gasteiger partial charge is 0.379 e. The maximum atomic E-state index is 12.4. The van der Waals surface area contributed by atoms with Gasteiger partial charge in [-0.05, 0) is 6.07 Å². The first-order valence-electron chi connectivity index (χ1n) is 6.95. The number of rotatable bonds is 5. The van der Waals surface area contributed by atoms with E-state index < -0.39 is 10.0 Å². The number of nitrogens with zero attached hydrogens (tertiary/aromatic N) is 2. The Kier molecular flexibility index (Phi) is 5.33. The predicted molar refractivity (Wildman–Crippen MR) is 79.8 cm³/mol. The molecule has 1 saturated heterocycles. The zero-order valence-corrected chi connectivity index (χ0v) is 13.5. The molecule has 1 aliphatic rings. The van der Waals surface area contributed by atoms with Gasteiger partial charge in [0.2, 0.25) is 10.0 Å². The van der Waals surface area contributed by atoms with Crippen molar-refractivity contribution in [1.29, 1.82) is 0 Å². The SMILES string of the molecule is CN(C)C(=O)CNc1ccc(S(=O)(=O)N2CCOCC2)c[nH+]1. The zero-order valence-electron chi connectivity index (χ0n) is 12.7. The minimum absolute atomic E-state index is 0.0709. The molecule has 0 aromatic carbocycles. The van der Waals surface area contributed by atoms with Crippen molar-refractivity contribution < 1.29 is 22.9 Å². The molecule has 0 radical (unpaired) electrons. The van der Waals surface area contributed by atoms with Crippen LogP contribution in [0.15, 0.2) is 23.2 Å². The van der Waals surface area contributed by atoms with Crippen LogP contribution in [0.5, 0.6) is 0 Å². The fraction of sp³-hybridized carbons (Fsp3) is 0.538. The summed E-state index contributed by atoms with van der Waals surface area (Å²) in [6, 6.07) is 3.13. The number of likely N-dealkylation sites (N-methyl/N-ethyl adjacent to an activating group) is 1. The highest BCUT2D eigenvalue weighted by molar-refractivity contribution is 7.89. The molecule has 0 unspecified atom stereocenters. The number of anilines is 1. The number of pyridine rings is 1. The van der Waals surface area contributed by atoms with E-state index in [1.165, 1.54) is 21.5 Å². The molecule has 1 amide bonds. The van der Waals surface area contributed by atoms with Crippen molar-refractivity contribution in [3.63, 3.8) is 0 Å². The van der Waals surface area contributed by atoms with Crippen LogP contribution >= 0.6 is 0 Å². The van der Waals surface area contributed by atoms with E-state index in [0.717, 1.165) is 0 Å². The van der Waals surface area contributed by atoms with Crippen LogP contribution in [-0.4, -0.2) is 70.5 Å². The molecule has 0 aliphatic carbocycles. The van der Waals surface area contributed by atoms with Gasteiger partial charge in [0.25, 0.3) is 11.7 Å². The number of sulfonamides is 1. The fourth-order valence-electron chi connectivity index (χ4n) is 1.95. The predicted octanol–water partition coefficient (Wildman–Crippen LogP) is -0.978. The van der Waals surface area contributed by atoms with Crippen LogP contribution in [-0.2, 0) is 19.6 Å². The van der Waals surface area contributed by atoms with Crippen molar-refractivity contribution in [2.45, 2.75) is 4.90 Å². The van der Waals surface area contributed by atoms with Crippen LogP contribution in [0.25, 0.3) is 0 Å². The number of morpholine rings is 1. The molecule has 1 fully saturated rings. The lowest BCUT2D eigenvalue weighted by atomic mass is 10.4. The smallest absolute Gasteiger partial charge is 0.272 e. The summed E-state index contributed by atoms with van der Waals surface area (Å²) in [7, 11) is -0.160. The van der Waals surface area contributed by atoms with Crippen LogP contribution in [0.2, 0.25) is 0 Å². The molecule has 0 spiro atoms. The van der Waals surface area contributed by atoms with Crippen molar-refractivity contribution in [3.8, 4) is 0 Å².